The first kappa shape index (κ1) is 18.5. The molecule has 0 fully saturated rings. The van der Waals surface area contributed by atoms with Crippen molar-refractivity contribution in [1.82, 2.24) is 9.78 Å². The number of anilines is 1. The van der Waals surface area contributed by atoms with E-state index in [2.05, 4.69) is 10.4 Å². The second kappa shape index (κ2) is 7.50. The summed E-state index contributed by atoms with van der Waals surface area (Å²) in [5.74, 6) is -1.06. The Balaban J connectivity index is 1.97. The molecule has 2 aromatic carbocycles. The summed E-state index contributed by atoms with van der Waals surface area (Å²) in [7, 11) is 0. The molecule has 0 saturated carbocycles. The Bertz CT molecular complexity index is 1020. The van der Waals surface area contributed by atoms with Crippen LogP contribution in [-0.4, -0.2) is 28.0 Å². The number of amides is 3. The standard InChI is InChI=1S/C18H16FN5O2S/c1-27-14-4-2-3-12(15(14)19)10-5-7-11(8-6-10)24-9-13(16(20)25)17(23-24)22-18(21)26/h2-9H,1H3,(H2,20,25)(H3,21,22,23,26). The first-order valence-electron chi connectivity index (χ1n) is 7.80. The van der Waals surface area contributed by atoms with Crippen molar-refractivity contribution in [2.24, 2.45) is 11.5 Å². The van der Waals surface area contributed by atoms with Crippen molar-refractivity contribution in [2.45, 2.75) is 4.90 Å². The fourth-order valence-electron chi connectivity index (χ4n) is 2.58. The van der Waals surface area contributed by atoms with Gasteiger partial charge in [-0.1, -0.05) is 24.3 Å². The van der Waals surface area contributed by atoms with Crippen LogP contribution in [0.3, 0.4) is 0 Å². The summed E-state index contributed by atoms with van der Waals surface area (Å²) in [4.78, 5) is 23.1. The maximum atomic E-state index is 14.5. The Labute approximate surface area is 158 Å². The van der Waals surface area contributed by atoms with Crippen LogP contribution < -0.4 is 16.8 Å². The lowest BCUT2D eigenvalue weighted by Crippen LogP contribution is -2.22. The summed E-state index contributed by atoms with van der Waals surface area (Å²) >= 11 is 1.34. The summed E-state index contributed by atoms with van der Waals surface area (Å²) in [6, 6.07) is 11.3. The highest BCUT2D eigenvalue weighted by molar-refractivity contribution is 7.98. The van der Waals surface area contributed by atoms with Gasteiger partial charge >= 0.3 is 6.03 Å². The zero-order valence-electron chi connectivity index (χ0n) is 14.3. The van der Waals surface area contributed by atoms with E-state index in [0.29, 0.717) is 21.7 Å². The Morgan fingerprint density at radius 2 is 1.85 bits per heavy atom. The van der Waals surface area contributed by atoms with E-state index in [1.807, 2.05) is 6.26 Å². The maximum absolute atomic E-state index is 14.5. The summed E-state index contributed by atoms with van der Waals surface area (Å²) in [6.07, 6.45) is 3.20. The zero-order valence-corrected chi connectivity index (χ0v) is 15.1. The van der Waals surface area contributed by atoms with Gasteiger partial charge in [-0.15, -0.1) is 16.9 Å². The predicted molar refractivity (Wildman–Crippen MR) is 102 cm³/mol. The highest BCUT2D eigenvalue weighted by Crippen LogP contribution is 2.30. The number of halogens is 1. The Hall–Kier alpha value is -3.33. The van der Waals surface area contributed by atoms with Gasteiger partial charge in [0.1, 0.15) is 11.4 Å². The van der Waals surface area contributed by atoms with Gasteiger partial charge in [0.25, 0.3) is 5.91 Å². The van der Waals surface area contributed by atoms with Gasteiger partial charge in [-0.25, -0.2) is 13.9 Å². The Morgan fingerprint density at radius 3 is 2.44 bits per heavy atom. The van der Waals surface area contributed by atoms with E-state index < -0.39 is 11.9 Å². The fourth-order valence-corrected chi connectivity index (χ4v) is 3.08. The van der Waals surface area contributed by atoms with Gasteiger partial charge in [-0.05, 0) is 30.0 Å². The molecule has 0 spiro atoms. The van der Waals surface area contributed by atoms with Gasteiger partial charge in [0.05, 0.1) is 5.69 Å². The highest BCUT2D eigenvalue weighted by atomic mass is 32.2. The molecule has 0 radical (unpaired) electrons. The number of primary amides is 2. The summed E-state index contributed by atoms with van der Waals surface area (Å²) in [5.41, 5.74) is 12.2. The van der Waals surface area contributed by atoms with Crippen LogP contribution >= 0.6 is 11.8 Å². The van der Waals surface area contributed by atoms with E-state index in [0.717, 1.165) is 0 Å². The molecule has 3 rings (SSSR count). The molecule has 0 bridgehead atoms. The normalized spacial score (nSPS) is 10.6. The zero-order chi connectivity index (χ0) is 19.6. The van der Waals surface area contributed by atoms with Crippen molar-refractivity contribution >= 4 is 29.5 Å². The number of benzene rings is 2. The molecule has 0 unspecified atom stereocenters. The minimum Gasteiger partial charge on any atom is -0.365 e. The molecule has 9 heteroatoms. The van der Waals surface area contributed by atoms with Crippen LogP contribution in [0.4, 0.5) is 15.0 Å². The number of hydrogen-bond donors (Lipinski definition) is 3. The minimum atomic E-state index is -0.859. The molecule has 3 aromatic rings. The number of nitrogens with one attached hydrogen (secondary N) is 1. The molecule has 0 aliphatic heterocycles. The third kappa shape index (κ3) is 3.77. The smallest absolute Gasteiger partial charge is 0.317 e. The van der Waals surface area contributed by atoms with Gasteiger partial charge in [-0.3, -0.25) is 10.1 Å². The second-order valence-corrected chi connectivity index (χ2v) is 6.41. The van der Waals surface area contributed by atoms with E-state index >= 15 is 0 Å². The topological polar surface area (TPSA) is 116 Å². The molecular formula is C18H16FN5O2S. The Morgan fingerprint density at radius 1 is 1.15 bits per heavy atom. The number of rotatable bonds is 5. The SMILES string of the molecule is CSc1cccc(-c2ccc(-n3cc(C(N)=O)c(NC(N)=O)n3)cc2)c1F. The lowest BCUT2D eigenvalue weighted by atomic mass is 10.0. The van der Waals surface area contributed by atoms with Crippen LogP contribution in [0.2, 0.25) is 0 Å². The van der Waals surface area contributed by atoms with Crippen LogP contribution in [0.25, 0.3) is 16.8 Å². The van der Waals surface area contributed by atoms with Gasteiger partial charge in [-0.2, -0.15) is 0 Å². The van der Waals surface area contributed by atoms with Gasteiger partial charge in [0.2, 0.25) is 0 Å². The van der Waals surface area contributed by atoms with Gasteiger partial charge in [0, 0.05) is 16.7 Å². The van der Waals surface area contributed by atoms with E-state index in [4.69, 9.17) is 11.5 Å². The maximum Gasteiger partial charge on any atom is 0.317 e. The molecule has 0 aliphatic carbocycles. The number of thioether (sulfide) groups is 1. The molecule has 27 heavy (non-hydrogen) atoms. The van der Waals surface area contributed by atoms with Crippen molar-refractivity contribution in [3.63, 3.8) is 0 Å². The van der Waals surface area contributed by atoms with E-state index in [9.17, 15) is 14.0 Å². The quantitative estimate of drug-likeness (QED) is 0.585. The molecule has 1 aromatic heterocycles. The van der Waals surface area contributed by atoms with Gasteiger partial charge < -0.3 is 11.5 Å². The summed E-state index contributed by atoms with van der Waals surface area (Å²) < 4.78 is 15.9. The first-order valence-corrected chi connectivity index (χ1v) is 9.02. The van der Waals surface area contributed by atoms with Crippen LogP contribution in [0.1, 0.15) is 10.4 Å². The van der Waals surface area contributed by atoms with Crippen molar-refractivity contribution in [3.8, 4) is 16.8 Å². The third-order valence-electron chi connectivity index (χ3n) is 3.85. The Kier molecular flexibility index (Phi) is 5.13. The largest absolute Gasteiger partial charge is 0.365 e. The molecular weight excluding hydrogens is 369 g/mol. The van der Waals surface area contributed by atoms with Crippen LogP contribution in [0.5, 0.6) is 0 Å². The first-order chi connectivity index (χ1) is 12.9. The van der Waals surface area contributed by atoms with Gasteiger partial charge in [0.15, 0.2) is 5.82 Å². The third-order valence-corrected chi connectivity index (χ3v) is 4.60. The summed E-state index contributed by atoms with van der Waals surface area (Å²) in [5, 5.41) is 6.37. The van der Waals surface area contributed by atoms with Crippen LogP contribution in [-0.2, 0) is 0 Å². The monoisotopic (exact) mass is 385 g/mol. The fraction of sp³-hybridized carbons (Fsp3) is 0.0556. The molecule has 138 valence electrons. The van der Waals surface area contributed by atoms with E-state index in [1.165, 1.54) is 22.6 Å². The predicted octanol–water partition coefficient (Wildman–Crippen LogP) is 2.99. The number of hydrogen-bond acceptors (Lipinski definition) is 4. The van der Waals surface area contributed by atoms with E-state index in [-0.39, 0.29) is 17.2 Å². The van der Waals surface area contributed by atoms with Crippen molar-refractivity contribution in [2.75, 3.05) is 11.6 Å². The number of carbonyl (C=O) groups is 2. The minimum absolute atomic E-state index is 0.0246. The molecule has 5 N–H and O–H groups in total. The number of urea groups is 1. The summed E-state index contributed by atoms with van der Waals surface area (Å²) in [6.45, 7) is 0. The highest BCUT2D eigenvalue weighted by Gasteiger charge is 2.16. The molecule has 3 amide bonds. The van der Waals surface area contributed by atoms with Crippen molar-refractivity contribution in [3.05, 3.63) is 60.0 Å². The molecule has 1 heterocycles. The van der Waals surface area contributed by atoms with E-state index in [1.54, 1.807) is 42.5 Å². The molecule has 7 nitrogen and oxygen atoms in total. The number of nitrogens with zero attached hydrogens (tertiary/aromatic N) is 2. The molecule has 0 aliphatic rings. The molecule has 0 atom stereocenters. The van der Waals surface area contributed by atoms with Crippen molar-refractivity contribution in [1.29, 1.82) is 0 Å². The lowest BCUT2D eigenvalue weighted by molar-refractivity contribution is 0.100. The molecule has 0 saturated heterocycles. The average Bonchev–Trinajstić information content (AvgIpc) is 3.05. The number of carbonyl (C=O) groups excluding carboxylic acids is 2. The number of nitrogens with two attached hydrogens (primary N) is 2. The van der Waals surface area contributed by atoms with Crippen LogP contribution in [0, 0.1) is 5.82 Å². The number of aromatic nitrogens is 2. The van der Waals surface area contributed by atoms with Crippen molar-refractivity contribution < 1.29 is 14.0 Å². The van der Waals surface area contributed by atoms with Crippen LogP contribution in [0.15, 0.2) is 53.6 Å². The second-order valence-electron chi connectivity index (χ2n) is 5.56. The lowest BCUT2D eigenvalue weighted by Gasteiger charge is -2.08. The average molecular weight is 385 g/mol.